The Kier molecular flexibility index (Phi) is 8.66. The SMILES string of the molecule is CC(C)(C)c1ccc(S(=O)(=O)Nc2ccc(CCNC[C@H](O)COc3cccnc3)cc2)cc1. The zero-order valence-corrected chi connectivity index (χ0v) is 20.7. The number of hydrogen-bond donors (Lipinski definition) is 3. The standard InChI is InChI=1S/C26H33N3O4S/c1-26(2,3)21-8-12-25(13-9-21)34(31,32)29-22-10-6-20(7-11-22)14-16-28-17-23(30)19-33-24-5-4-15-27-18-24/h4-13,15,18,23,28-30H,14,16-17,19H2,1-3H3/t23-/m0/s1. The minimum Gasteiger partial charge on any atom is -0.489 e. The lowest BCUT2D eigenvalue weighted by atomic mass is 9.87. The molecular formula is C26H33N3O4S. The fraction of sp³-hybridized carbons (Fsp3) is 0.346. The summed E-state index contributed by atoms with van der Waals surface area (Å²) in [6.07, 6.45) is 3.39. The van der Waals surface area contributed by atoms with E-state index in [0.717, 1.165) is 17.5 Å². The van der Waals surface area contributed by atoms with Crippen LogP contribution in [0.3, 0.4) is 0 Å². The molecule has 3 aromatic rings. The first-order valence-electron chi connectivity index (χ1n) is 11.3. The molecule has 34 heavy (non-hydrogen) atoms. The highest BCUT2D eigenvalue weighted by molar-refractivity contribution is 7.92. The Morgan fingerprint density at radius 3 is 2.35 bits per heavy atom. The number of rotatable bonds is 11. The predicted octanol–water partition coefficient (Wildman–Crippen LogP) is 3.75. The van der Waals surface area contributed by atoms with E-state index in [0.29, 0.717) is 24.5 Å². The number of aromatic nitrogens is 1. The van der Waals surface area contributed by atoms with Crippen LogP contribution in [0.4, 0.5) is 5.69 Å². The van der Waals surface area contributed by atoms with Crippen LogP contribution in [0.1, 0.15) is 31.9 Å². The number of nitrogens with zero attached hydrogens (tertiary/aromatic N) is 1. The van der Waals surface area contributed by atoms with E-state index >= 15 is 0 Å². The highest BCUT2D eigenvalue weighted by Crippen LogP contribution is 2.24. The van der Waals surface area contributed by atoms with Gasteiger partial charge in [-0.25, -0.2) is 8.42 Å². The highest BCUT2D eigenvalue weighted by atomic mass is 32.2. The minimum atomic E-state index is -3.65. The Balaban J connectivity index is 1.43. The van der Waals surface area contributed by atoms with Crippen molar-refractivity contribution in [2.45, 2.75) is 43.6 Å². The molecule has 2 aromatic carbocycles. The number of benzene rings is 2. The van der Waals surface area contributed by atoms with Crippen molar-refractivity contribution in [2.75, 3.05) is 24.4 Å². The van der Waals surface area contributed by atoms with Gasteiger partial charge in [0.25, 0.3) is 10.0 Å². The minimum absolute atomic E-state index is 0.0356. The van der Waals surface area contributed by atoms with Crippen molar-refractivity contribution in [1.29, 1.82) is 0 Å². The van der Waals surface area contributed by atoms with E-state index in [1.165, 1.54) is 0 Å². The van der Waals surface area contributed by atoms with Crippen LogP contribution < -0.4 is 14.8 Å². The third kappa shape index (κ3) is 7.83. The van der Waals surface area contributed by atoms with Gasteiger partial charge in [0.1, 0.15) is 18.5 Å². The van der Waals surface area contributed by atoms with Gasteiger partial charge in [0.15, 0.2) is 0 Å². The lowest BCUT2D eigenvalue weighted by Crippen LogP contribution is -2.32. The highest BCUT2D eigenvalue weighted by Gasteiger charge is 2.17. The average Bonchev–Trinajstić information content (AvgIpc) is 2.81. The largest absolute Gasteiger partial charge is 0.489 e. The molecule has 0 unspecified atom stereocenters. The second kappa shape index (κ2) is 11.5. The van der Waals surface area contributed by atoms with Gasteiger partial charge in [-0.2, -0.15) is 0 Å². The first-order valence-corrected chi connectivity index (χ1v) is 12.8. The van der Waals surface area contributed by atoms with Crippen LogP contribution in [0.5, 0.6) is 5.75 Å². The van der Waals surface area contributed by atoms with Gasteiger partial charge >= 0.3 is 0 Å². The molecule has 7 nitrogen and oxygen atoms in total. The number of sulfonamides is 1. The normalized spacial score (nSPS) is 12.8. The van der Waals surface area contributed by atoms with Crippen LogP contribution in [0.15, 0.2) is 78.0 Å². The maximum Gasteiger partial charge on any atom is 0.261 e. The van der Waals surface area contributed by atoms with Crippen LogP contribution >= 0.6 is 0 Å². The number of ether oxygens (including phenoxy) is 1. The Labute approximate surface area is 202 Å². The summed E-state index contributed by atoms with van der Waals surface area (Å²) in [7, 11) is -3.65. The molecule has 0 aliphatic rings. The zero-order valence-electron chi connectivity index (χ0n) is 19.9. The summed E-state index contributed by atoms with van der Waals surface area (Å²) in [6, 6.07) is 17.9. The lowest BCUT2D eigenvalue weighted by molar-refractivity contribution is 0.106. The predicted molar refractivity (Wildman–Crippen MR) is 135 cm³/mol. The van der Waals surface area contributed by atoms with Gasteiger partial charge in [-0.3, -0.25) is 9.71 Å². The number of hydrogen-bond acceptors (Lipinski definition) is 6. The fourth-order valence-corrected chi connectivity index (χ4v) is 4.33. The number of pyridine rings is 1. The van der Waals surface area contributed by atoms with Gasteiger partial charge in [-0.15, -0.1) is 0 Å². The topological polar surface area (TPSA) is 101 Å². The van der Waals surface area contributed by atoms with Gasteiger partial charge in [0.2, 0.25) is 0 Å². The Hall–Kier alpha value is -2.94. The van der Waals surface area contributed by atoms with Crippen molar-refractivity contribution in [1.82, 2.24) is 10.3 Å². The van der Waals surface area contributed by atoms with Crippen molar-refractivity contribution < 1.29 is 18.3 Å². The molecule has 0 aliphatic carbocycles. The third-order valence-corrected chi connectivity index (χ3v) is 6.68. The van der Waals surface area contributed by atoms with Gasteiger partial charge < -0.3 is 15.2 Å². The Bertz CT molecular complexity index is 1130. The molecule has 0 fully saturated rings. The molecule has 0 spiro atoms. The molecule has 0 amide bonds. The molecule has 182 valence electrons. The van der Waals surface area contributed by atoms with E-state index in [-0.39, 0.29) is 16.9 Å². The quantitative estimate of drug-likeness (QED) is 0.359. The van der Waals surface area contributed by atoms with E-state index in [2.05, 4.69) is 35.8 Å². The van der Waals surface area contributed by atoms with Gasteiger partial charge in [0.05, 0.1) is 11.1 Å². The van der Waals surface area contributed by atoms with Crippen LogP contribution in [0.2, 0.25) is 0 Å². The maximum atomic E-state index is 12.7. The number of nitrogens with one attached hydrogen (secondary N) is 2. The second-order valence-electron chi connectivity index (χ2n) is 9.18. The summed E-state index contributed by atoms with van der Waals surface area (Å²) in [5.41, 5.74) is 2.62. The third-order valence-electron chi connectivity index (χ3n) is 5.28. The summed E-state index contributed by atoms with van der Waals surface area (Å²) in [6.45, 7) is 7.54. The average molecular weight is 484 g/mol. The lowest BCUT2D eigenvalue weighted by Gasteiger charge is -2.19. The van der Waals surface area contributed by atoms with E-state index in [1.54, 1.807) is 48.8 Å². The molecule has 1 aromatic heterocycles. The van der Waals surface area contributed by atoms with Crippen molar-refractivity contribution >= 4 is 15.7 Å². The van der Waals surface area contributed by atoms with E-state index in [4.69, 9.17) is 4.74 Å². The number of anilines is 1. The van der Waals surface area contributed by atoms with Crippen LogP contribution in [-0.2, 0) is 21.9 Å². The van der Waals surface area contributed by atoms with Gasteiger partial charge in [0, 0.05) is 18.4 Å². The van der Waals surface area contributed by atoms with E-state index in [1.807, 2.05) is 24.3 Å². The molecule has 0 saturated carbocycles. The van der Waals surface area contributed by atoms with Crippen molar-refractivity contribution in [2.24, 2.45) is 0 Å². The molecule has 0 aliphatic heterocycles. The van der Waals surface area contributed by atoms with Crippen LogP contribution in [0.25, 0.3) is 0 Å². The smallest absolute Gasteiger partial charge is 0.261 e. The summed E-state index contributed by atoms with van der Waals surface area (Å²) in [5, 5.41) is 13.2. The van der Waals surface area contributed by atoms with E-state index < -0.39 is 16.1 Å². The summed E-state index contributed by atoms with van der Waals surface area (Å²) < 4.78 is 33.5. The number of aliphatic hydroxyl groups excluding tert-OH is 1. The summed E-state index contributed by atoms with van der Waals surface area (Å²) in [5.74, 6) is 0.624. The molecule has 0 radical (unpaired) electrons. The Morgan fingerprint density at radius 2 is 1.74 bits per heavy atom. The molecule has 3 N–H and O–H groups in total. The van der Waals surface area contributed by atoms with Gasteiger partial charge in [-0.05, 0) is 65.9 Å². The first kappa shape index (κ1) is 25.7. The second-order valence-corrected chi connectivity index (χ2v) is 10.9. The number of aliphatic hydroxyl groups is 1. The molecule has 3 rings (SSSR count). The Morgan fingerprint density at radius 1 is 1.03 bits per heavy atom. The van der Waals surface area contributed by atoms with Crippen molar-refractivity contribution in [3.8, 4) is 5.75 Å². The molecular weight excluding hydrogens is 450 g/mol. The monoisotopic (exact) mass is 483 g/mol. The molecule has 1 atom stereocenters. The molecule has 0 bridgehead atoms. The first-order chi connectivity index (χ1) is 16.1. The molecule has 0 saturated heterocycles. The zero-order chi connectivity index (χ0) is 24.6. The maximum absolute atomic E-state index is 12.7. The molecule has 8 heteroatoms. The van der Waals surface area contributed by atoms with Crippen molar-refractivity contribution in [3.63, 3.8) is 0 Å². The van der Waals surface area contributed by atoms with Crippen LogP contribution in [-0.4, -0.2) is 44.3 Å². The van der Waals surface area contributed by atoms with Crippen LogP contribution in [0, 0.1) is 0 Å². The fourth-order valence-electron chi connectivity index (χ4n) is 3.27. The van der Waals surface area contributed by atoms with Crippen molar-refractivity contribution in [3.05, 3.63) is 84.2 Å². The van der Waals surface area contributed by atoms with Gasteiger partial charge in [-0.1, -0.05) is 45.0 Å². The molecule has 1 heterocycles. The summed E-state index contributed by atoms with van der Waals surface area (Å²) >= 11 is 0. The summed E-state index contributed by atoms with van der Waals surface area (Å²) in [4.78, 5) is 4.20. The van der Waals surface area contributed by atoms with E-state index in [9.17, 15) is 13.5 Å².